The van der Waals surface area contributed by atoms with Gasteiger partial charge in [-0.25, -0.2) is 4.90 Å². The highest BCUT2D eigenvalue weighted by Gasteiger charge is 2.43. The molecule has 0 saturated carbocycles. The molecule has 0 aromatic heterocycles. The van der Waals surface area contributed by atoms with E-state index in [1.54, 1.807) is 18.2 Å². The van der Waals surface area contributed by atoms with Crippen LogP contribution in [0.2, 0.25) is 0 Å². The summed E-state index contributed by atoms with van der Waals surface area (Å²) in [5.74, 6) is -1.20. The molecular formula is C14H15F3N2O2S. The van der Waals surface area contributed by atoms with Gasteiger partial charge < -0.3 is 9.64 Å². The first kappa shape index (κ1) is 16.7. The molecule has 0 atom stereocenters. The Morgan fingerprint density at radius 2 is 1.82 bits per heavy atom. The quantitative estimate of drug-likeness (QED) is 0.614. The number of thiocarbonyl (C=S) groups is 1. The lowest BCUT2D eigenvalue weighted by molar-refractivity contribution is -0.240. The van der Waals surface area contributed by atoms with Crippen molar-refractivity contribution in [2.24, 2.45) is 0 Å². The first-order valence-corrected chi connectivity index (χ1v) is 7.09. The number of rotatable bonds is 2. The van der Waals surface area contributed by atoms with Crippen molar-refractivity contribution in [3.63, 3.8) is 0 Å². The summed E-state index contributed by atoms with van der Waals surface area (Å²) in [6.07, 6.45) is -4.79. The van der Waals surface area contributed by atoms with Gasteiger partial charge in [-0.2, -0.15) is 0 Å². The molecule has 0 unspecified atom stereocenters. The molecule has 1 aromatic carbocycles. The Morgan fingerprint density at radius 3 is 2.36 bits per heavy atom. The molecule has 1 saturated heterocycles. The molecule has 0 aliphatic carbocycles. The lowest BCUT2D eigenvalue weighted by Gasteiger charge is -2.32. The first-order chi connectivity index (χ1) is 10.4. The smallest absolute Gasteiger partial charge is 0.378 e. The molecule has 0 bridgehead atoms. The van der Waals surface area contributed by atoms with E-state index in [0.717, 1.165) is 0 Å². The number of morpholine rings is 1. The fourth-order valence-electron chi connectivity index (χ4n) is 2.06. The summed E-state index contributed by atoms with van der Waals surface area (Å²) in [4.78, 5) is 13.1. The molecular weight excluding hydrogens is 317 g/mol. The number of hydrogen-bond acceptors (Lipinski definition) is 3. The second kappa shape index (κ2) is 7.06. The lowest BCUT2D eigenvalue weighted by atomic mass is 10.2. The number of amides is 1. The molecule has 1 heterocycles. The van der Waals surface area contributed by atoms with Crippen molar-refractivity contribution in [3.8, 4) is 0 Å². The summed E-state index contributed by atoms with van der Waals surface area (Å²) in [7, 11) is 0. The minimum absolute atomic E-state index is 0.153. The number of benzene rings is 1. The minimum atomic E-state index is -4.79. The van der Waals surface area contributed by atoms with Crippen LogP contribution >= 0.6 is 12.2 Å². The van der Waals surface area contributed by atoms with E-state index in [9.17, 15) is 18.0 Å². The summed E-state index contributed by atoms with van der Waals surface area (Å²) in [5, 5.41) is 0. The molecule has 1 fully saturated rings. The van der Waals surface area contributed by atoms with Crippen LogP contribution in [-0.4, -0.2) is 53.3 Å². The Balaban J connectivity index is 2.14. The van der Waals surface area contributed by atoms with Gasteiger partial charge in [-0.1, -0.05) is 42.5 Å². The largest absolute Gasteiger partial charge is 0.487 e. The van der Waals surface area contributed by atoms with Crippen molar-refractivity contribution >= 4 is 23.1 Å². The standard InChI is InChI=1S/C14H15F3N2O2S/c15-14(16,17)19(10-11-4-2-1-3-5-11)12(20)13(22)18-6-8-21-9-7-18/h1-5H,6-10H2. The molecule has 0 N–H and O–H groups in total. The highest BCUT2D eigenvalue weighted by atomic mass is 32.1. The molecule has 0 spiro atoms. The number of nitrogens with zero attached hydrogens (tertiary/aromatic N) is 2. The number of carbonyl (C=O) groups excluding carboxylic acids is 1. The normalized spacial score (nSPS) is 15.5. The van der Waals surface area contributed by atoms with Crippen LogP contribution in [0.5, 0.6) is 0 Å². The Morgan fingerprint density at radius 1 is 1.23 bits per heavy atom. The highest BCUT2D eigenvalue weighted by Crippen LogP contribution is 2.24. The van der Waals surface area contributed by atoms with Gasteiger partial charge in [0.25, 0.3) is 5.91 Å². The SMILES string of the molecule is O=C(C(=S)N1CCOCC1)N(Cc1ccccc1)C(F)(F)F. The molecule has 0 radical (unpaired) electrons. The molecule has 8 heteroatoms. The number of hydrogen-bond donors (Lipinski definition) is 0. The van der Waals surface area contributed by atoms with Crippen LogP contribution in [0.1, 0.15) is 5.56 Å². The molecule has 22 heavy (non-hydrogen) atoms. The van der Waals surface area contributed by atoms with Crippen LogP contribution in [0.15, 0.2) is 30.3 Å². The van der Waals surface area contributed by atoms with Gasteiger partial charge in [-0.15, -0.1) is 13.2 Å². The van der Waals surface area contributed by atoms with E-state index in [-0.39, 0.29) is 9.89 Å². The van der Waals surface area contributed by atoms with E-state index in [0.29, 0.717) is 31.9 Å². The van der Waals surface area contributed by atoms with Crippen molar-refractivity contribution in [2.45, 2.75) is 12.8 Å². The Hall–Kier alpha value is -1.67. The minimum Gasteiger partial charge on any atom is -0.378 e. The van der Waals surface area contributed by atoms with Crippen LogP contribution in [0, 0.1) is 0 Å². The first-order valence-electron chi connectivity index (χ1n) is 6.69. The molecule has 2 rings (SSSR count). The van der Waals surface area contributed by atoms with E-state index in [1.807, 2.05) is 0 Å². The third-order valence-electron chi connectivity index (χ3n) is 3.22. The fourth-order valence-corrected chi connectivity index (χ4v) is 2.35. The number of carbonyl (C=O) groups is 1. The van der Waals surface area contributed by atoms with E-state index in [2.05, 4.69) is 0 Å². The molecule has 120 valence electrons. The topological polar surface area (TPSA) is 32.8 Å². The summed E-state index contributed by atoms with van der Waals surface area (Å²) < 4.78 is 44.7. The average Bonchev–Trinajstić information content (AvgIpc) is 2.52. The van der Waals surface area contributed by atoms with Gasteiger partial charge in [-0.3, -0.25) is 4.79 Å². The van der Waals surface area contributed by atoms with E-state index < -0.39 is 18.8 Å². The van der Waals surface area contributed by atoms with E-state index in [1.165, 1.54) is 17.0 Å². The summed E-state index contributed by atoms with van der Waals surface area (Å²) in [6.45, 7) is 0.771. The highest BCUT2D eigenvalue weighted by molar-refractivity contribution is 7.81. The maximum absolute atomic E-state index is 13.2. The Bertz CT molecular complexity index is 531. The molecule has 1 aliphatic rings. The van der Waals surface area contributed by atoms with Crippen molar-refractivity contribution in [1.29, 1.82) is 0 Å². The fraction of sp³-hybridized carbons (Fsp3) is 0.429. The van der Waals surface area contributed by atoms with Gasteiger partial charge in [-0.05, 0) is 5.56 Å². The molecule has 1 aromatic rings. The van der Waals surface area contributed by atoms with Gasteiger partial charge in [0, 0.05) is 13.1 Å². The lowest BCUT2D eigenvalue weighted by Crippen LogP contribution is -2.52. The van der Waals surface area contributed by atoms with Crippen LogP contribution < -0.4 is 0 Å². The van der Waals surface area contributed by atoms with Crippen LogP contribution in [0.4, 0.5) is 13.2 Å². The zero-order chi connectivity index (χ0) is 16.2. The predicted octanol–water partition coefficient (Wildman–Crippen LogP) is 2.19. The third-order valence-corrected chi connectivity index (χ3v) is 3.65. The van der Waals surface area contributed by atoms with Crippen molar-refractivity contribution in [2.75, 3.05) is 26.3 Å². The average molecular weight is 332 g/mol. The van der Waals surface area contributed by atoms with Crippen LogP contribution in [-0.2, 0) is 16.1 Å². The zero-order valence-electron chi connectivity index (χ0n) is 11.7. The monoisotopic (exact) mass is 332 g/mol. The maximum Gasteiger partial charge on any atom is 0.487 e. The van der Waals surface area contributed by atoms with E-state index in [4.69, 9.17) is 17.0 Å². The zero-order valence-corrected chi connectivity index (χ0v) is 12.5. The van der Waals surface area contributed by atoms with Crippen molar-refractivity contribution in [1.82, 2.24) is 9.80 Å². The summed E-state index contributed by atoms with van der Waals surface area (Å²) in [6, 6.07) is 8.00. The summed E-state index contributed by atoms with van der Waals surface area (Å²) >= 11 is 4.94. The Kier molecular flexibility index (Phi) is 5.36. The number of halogens is 3. The molecule has 1 aliphatic heterocycles. The number of alkyl halides is 3. The van der Waals surface area contributed by atoms with Gasteiger partial charge in [0.05, 0.1) is 19.8 Å². The van der Waals surface area contributed by atoms with Crippen molar-refractivity contribution < 1.29 is 22.7 Å². The predicted molar refractivity (Wildman–Crippen MR) is 78.0 cm³/mol. The Labute approximate surface area is 131 Å². The van der Waals surface area contributed by atoms with Crippen LogP contribution in [0.25, 0.3) is 0 Å². The summed E-state index contributed by atoms with van der Waals surface area (Å²) in [5.41, 5.74) is 0.387. The van der Waals surface area contributed by atoms with Gasteiger partial charge >= 0.3 is 6.30 Å². The maximum atomic E-state index is 13.2. The van der Waals surface area contributed by atoms with Gasteiger partial charge in [0.1, 0.15) is 0 Å². The molecule has 4 nitrogen and oxygen atoms in total. The second-order valence-electron chi connectivity index (χ2n) is 4.75. The van der Waals surface area contributed by atoms with Crippen LogP contribution in [0.3, 0.4) is 0 Å². The van der Waals surface area contributed by atoms with Gasteiger partial charge in [0.15, 0.2) is 4.99 Å². The second-order valence-corrected chi connectivity index (χ2v) is 5.14. The number of ether oxygens (including phenoxy) is 1. The van der Waals surface area contributed by atoms with Crippen molar-refractivity contribution in [3.05, 3.63) is 35.9 Å². The molecule has 1 amide bonds. The van der Waals surface area contributed by atoms with Gasteiger partial charge in [0.2, 0.25) is 0 Å². The van der Waals surface area contributed by atoms with E-state index >= 15 is 0 Å². The third kappa shape index (κ3) is 4.17.